The van der Waals surface area contributed by atoms with Crippen molar-refractivity contribution in [1.29, 1.82) is 0 Å². The van der Waals surface area contributed by atoms with Gasteiger partial charge in [-0.3, -0.25) is 4.79 Å². The smallest absolute Gasteiger partial charge is 0.315 e. The highest BCUT2D eigenvalue weighted by Crippen LogP contribution is 2.26. The van der Waals surface area contributed by atoms with Crippen molar-refractivity contribution >= 4 is 23.4 Å². The molecule has 3 rings (SSSR count). The van der Waals surface area contributed by atoms with Gasteiger partial charge in [0.2, 0.25) is 5.91 Å². The lowest BCUT2D eigenvalue weighted by Crippen LogP contribution is -2.41. The normalized spacial score (nSPS) is 11.3. The van der Waals surface area contributed by atoms with Gasteiger partial charge < -0.3 is 15.5 Å². The van der Waals surface area contributed by atoms with E-state index in [9.17, 15) is 18.4 Å². The Bertz CT molecular complexity index is 1170. The number of hydrogen-bond donors (Lipinski definition) is 2. The molecule has 0 saturated heterocycles. The van der Waals surface area contributed by atoms with E-state index in [0.29, 0.717) is 24.8 Å². The Labute approximate surface area is 204 Å². The van der Waals surface area contributed by atoms with Crippen LogP contribution in [0.1, 0.15) is 46.2 Å². The number of carbonyl (C=O) groups is 2. The van der Waals surface area contributed by atoms with E-state index in [1.165, 1.54) is 4.90 Å². The molecule has 0 unspecified atom stereocenters. The number of hydrogen-bond acceptors (Lipinski definition) is 3. The SMILES string of the molecule is CCCCN(CC(=O)Nc1cc(C(C)(C)C)nn1-c1ccccc1)C(=O)Nc1ccc(F)cc1F. The largest absolute Gasteiger partial charge is 0.322 e. The molecular weight excluding hydrogens is 452 g/mol. The minimum atomic E-state index is -0.889. The first-order valence-corrected chi connectivity index (χ1v) is 11.5. The van der Waals surface area contributed by atoms with E-state index < -0.39 is 23.6 Å². The molecule has 0 fully saturated rings. The number of aromatic nitrogens is 2. The van der Waals surface area contributed by atoms with Crippen molar-refractivity contribution in [2.75, 3.05) is 23.7 Å². The maximum Gasteiger partial charge on any atom is 0.322 e. The molecule has 9 heteroatoms. The summed E-state index contributed by atoms with van der Waals surface area (Å²) in [5.41, 5.74) is 1.18. The Morgan fingerprint density at radius 2 is 1.74 bits per heavy atom. The first-order chi connectivity index (χ1) is 16.6. The molecule has 0 spiro atoms. The molecule has 0 radical (unpaired) electrons. The topological polar surface area (TPSA) is 79.3 Å². The van der Waals surface area contributed by atoms with Crippen LogP contribution in [0.25, 0.3) is 5.69 Å². The van der Waals surface area contributed by atoms with E-state index in [1.54, 1.807) is 4.68 Å². The van der Waals surface area contributed by atoms with Crippen molar-refractivity contribution in [3.05, 3.63) is 71.9 Å². The zero-order valence-corrected chi connectivity index (χ0v) is 20.4. The molecule has 0 atom stereocenters. The van der Waals surface area contributed by atoms with Gasteiger partial charge in [-0.1, -0.05) is 52.3 Å². The summed E-state index contributed by atoms with van der Waals surface area (Å²) < 4.78 is 28.9. The van der Waals surface area contributed by atoms with E-state index in [1.807, 2.05) is 64.1 Å². The Balaban J connectivity index is 1.79. The van der Waals surface area contributed by atoms with Gasteiger partial charge in [0.1, 0.15) is 24.0 Å². The van der Waals surface area contributed by atoms with E-state index in [0.717, 1.165) is 29.9 Å². The number of para-hydroxylation sites is 1. The number of unbranched alkanes of at least 4 members (excludes halogenated alkanes) is 1. The Hall–Kier alpha value is -3.75. The number of halogens is 2. The highest BCUT2D eigenvalue weighted by molar-refractivity contribution is 5.96. The van der Waals surface area contributed by atoms with Crippen molar-refractivity contribution in [3.8, 4) is 5.69 Å². The van der Waals surface area contributed by atoms with Crippen LogP contribution < -0.4 is 10.6 Å². The number of anilines is 2. The molecule has 0 bridgehead atoms. The Kier molecular flexibility index (Phi) is 8.22. The fourth-order valence-electron chi connectivity index (χ4n) is 3.34. The average molecular weight is 484 g/mol. The van der Waals surface area contributed by atoms with Crippen LogP contribution in [0.3, 0.4) is 0 Å². The molecule has 0 aliphatic carbocycles. The van der Waals surface area contributed by atoms with Crippen LogP contribution in [0.5, 0.6) is 0 Å². The summed E-state index contributed by atoms with van der Waals surface area (Å²) in [5, 5.41) is 9.96. The summed E-state index contributed by atoms with van der Waals surface area (Å²) >= 11 is 0. The highest BCUT2D eigenvalue weighted by atomic mass is 19.1. The predicted molar refractivity (Wildman–Crippen MR) is 133 cm³/mol. The second-order valence-electron chi connectivity index (χ2n) is 9.29. The minimum absolute atomic E-state index is 0.157. The predicted octanol–water partition coefficient (Wildman–Crippen LogP) is 5.72. The van der Waals surface area contributed by atoms with Crippen LogP contribution in [0.2, 0.25) is 0 Å². The van der Waals surface area contributed by atoms with Crippen molar-refractivity contribution in [1.82, 2.24) is 14.7 Å². The highest BCUT2D eigenvalue weighted by Gasteiger charge is 2.23. The van der Waals surface area contributed by atoms with Crippen LogP contribution in [0.15, 0.2) is 54.6 Å². The number of urea groups is 1. The number of rotatable bonds is 8. The van der Waals surface area contributed by atoms with E-state index in [4.69, 9.17) is 0 Å². The minimum Gasteiger partial charge on any atom is -0.315 e. The third kappa shape index (κ3) is 6.88. The lowest BCUT2D eigenvalue weighted by atomic mass is 9.92. The second-order valence-corrected chi connectivity index (χ2v) is 9.29. The molecule has 7 nitrogen and oxygen atoms in total. The van der Waals surface area contributed by atoms with Crippen LogP contribution in [0.4, 0.5) is 25.1 Å². The average Bonchev–Trinajstić information content (AvgIpc) is 3.23. The van der Waals surface area contributed by atoms with Gasteiger partial charge in [0.05, 0.1) is 17.1 Å². The van der Waals surface area contributed by atoms with Crippen LogP contribution in [-0.4, -0.2) is 39.7 Å². The third-order valence-corrected chi connectivity index (χ3v) is 5.32. The summed E-state index contributed by atoms with van der Waals surface area (Å²) in [6.45, 7) is 8.09. The molecule has 1 heterocycles. The quantitative estimate of drug-likeness (QED) is 0.430. The molecule has 186 valence electrons. The number of nitrogens with zero attached hydrogens (tertiary/aromatic N) is 3. The molecule has 3 amide bonds. The monoisotopic (exact) mass is 483 g/mol. The third-order valence-electron chi connectivity index (χ3n) is 5.32. The van der Waals surface area contributed by atoms with E-state index >= 15 is 0 Å². The fraction of sp³-hybridized carbons (Fsp3) is 0.346. The van der Waals surface area contributed by atoms with Gasteiger partial charge in [0, 0.05) is 24.1 Å². The molecule has 0 aliphatic heterocycles. The second kappa shape index (κ2) is 11.1. The maximum absolute atomic E-state index is 14.0. The van der Waals surface area contributed by atoms with Gasteiger partial charge in [-0.05, 0) is 30.7 Å². The fourth-order valence-corrected chi connectivity index (χ4v) is 3.34. The van der Waals surface area contributed by atoms with Crippen molar-refractivity contribution in [2.24, 2.45) is 0 Å². The molecular formula is C26H31F2N5O2. The van der Waals surface area contributed by atoms with Crippen LogP contribution >= 0.6 is 0 Å². The first-order valence-electron chi connectivity index (χ1n) is 11.5. The van der Waals surface area contributed by atoms with Crippen molar-refractivity contribution in [3.63, 3.8) is 0 Å². The number of amides is 3. The van der Waals surface area contributed by atoms with Gasteiger partial charge in [-0.25, -0.2) is 18.3 Å². The van der Waals surface area contributed by atoms with Gasteiger partial charge in [0.15, 0.2) is 0 Å². The summed E-state index contributed by atoms with van der Waals surface area (Å²) in [4.78, 5) is 27.1. The Morgan fingerprint density at radius 3 is 2.37 bits per heavy atom. The molecule has 3 aromatic rings. The van der Waals surface area contributed by atoms with Gasteiger partial charge in [-0.2, -0.15) is 5.10 Å². The molecule has 0 saturated carbocycles. The van der Waals surface area contributed by atoms with Crippen LogP contribution in [0, 0.1) is 11.6 Å². The van der Waals surface area contributed by atoms with Gasteiger partial charge in [-0.15, -0.1) is 0 Å². The maximum atomic E-state index is 14.0. The summed E-state index contributed by atoms with van der Waals surface area (Å²) in [6.07, 6.45) is 1.45. The van der Waals surface area contributed by atoms with Crippen LogP contribution in [-0.2, 0) is 10.2 Å². The zero-order valence-electron chi connectivity index (χ0n) is 20.4. The molecule has 2 aromatic carbocycles. The lowest BCUT2D eigenvalue weighted by molar-refractivity contribution is -0.116. The summed E-state index contributed by atoms with van der Waals surface area (Å²) in [7, 11) is 0. The molecule has 2 N–H and O–H groups in total. The van der Waals surface area contributed by atoms with Crippen molar-refractivity contribution < 1.29 is 18.4 Å². The lowest BCUT2D eigenvalue weighted by Gasteiger charge is -2.22. The van der Waals surface area contributed by atoms with E-state index in [2.05, 4.69) is 15.7 Å². The standard InChI is InChI=1S/C26H31F2N5O2/c1-5-6-14-32(25(35)29-21-13-12-18(27)15-20(21)28)17-24(34)30-23-16-22(26(2,3)4)31-33(23)19-10-8-7-9-11-19/h7-13,15-16H,5-6,14,17H2,1-4H3,(H,29,35)(H,30,34). The summed E-state index contributed by atoms with van der Waals surface area (Å²) in [5.74, 6) is -1.58. The zero-order chi connectivity index (χ0) is 25.6. The number of benzene rings is 2. The first kappa shape index (κ1) is 25.9. The molecule has 0 aliphatic rings. The summed E-state index contributed by atoms with van der Waals surface area (Å²) in [6, 6.07) is 13.5. The molecule has 35 heavy (non-hydrogen) atoms. The van der Waals surface area contributed by atoms with Gasteiger partial charge in [0.25, 0.3) is 0 Å². The van der Waals surface area contributed by atoms with Gasteiger partial charge >= 0.3 is 6.03 Å². The van der Waals surface area contributed by atoms with E-state index in [-0.39, 0.29) is 17.6 Å². The molecule has 1 aromatic heterocycles. The van der Waals surface area contributed by atoms with Crippen molar-refractivity contribution in [2.45, 2.75) is 46.0 Å². The Morgan fingerprint density at radius 1 is 1.03 bits per heavy atom. The number of carbonyl (C=O) groups excluding carboxylic acids is 2. The number of nitrogens with one attached hydrogen (secondary N) is 2.